The number of carbonyl (C=O) groups excluding carboxylic acids is 3. The van der Waals surface area contributed by atoms with Gasteiger partial charge in [0.2, 0.25) is 0 Å². The van der Waals surface area contributed by atoms with Gasteiger partial charge in [-0.3, -0.25) is 14.4 Å². The highest BCUT2D eigenvalue weighted by molar-refractivity contribution is 7.86. The van der Waals surface area contributed by atoms with Gasteiger partial charge < -0.3 is 14.0 Å². The highest BCUT2D eigenvalue weighted by Gasteiger charge is 2.63. The summed E-state index contributed by atoms with van der Waals surface area (Å²) in [5.74, 6) is -3.38. The maximum atomic E-state index is 11.6. The average Bonchev–Trinajstić information content (AvgIpc) is 2.90. The monoisotopic (exact) mass is 317 g/mol. The van der Waals surface area contributed by atoms with E-state index in [0.29, 0.717) is 6.42 Å². The minimum absolute atomic E-state index is 0.0405. The Labute approximate surface area is 120 Å². The summed E-state index contributed by atoms with van der Waals surface area (Å²) in [6.07, 6.45) is -0.423. The molecular weight excluding hydrogens is 304 g/mol. The van der Waals surface area contributed by atoms with Gasteiger partial charge in [0.25, 0.3) is 0 Å². The fourth-order valence-corrected chi connectivity index (χ4v) is 4.16. The average molecular weight is 317 g/mol. The molecule has 0 aromatic rings. The molecular formula is C12H13O8S-. The molecule has 8 nitrogen and oxygen atoms in total. The molecule has 0 N–H and O–H groups in total. The van der Waals surface area contributed by atoms with Crippen LogP contribution in [0.15, 0.2) is 0 Å². The van der Waals surface area contributed by atoms with Gasteiger partial charge in [0, 0.05) is 11.8 Å². The van der Waals surface area contributed by atoms with Crippen LogP contribution in [0.5, 0.6) is 0 Å². The van der Waals surface area contributed by atoms with Gasteiger partial charge in [-0.15, -0.1) is 0 Å². The Hall–Kier alpha value is -1.48. The lowest BCUT2D eigenvalue weighted by molar-refractivity contribution is -0.162. The number of hydrogen-bond acceptors (Lipinski definition) is 8. The number of Topliss-reactive ketones (excluding diaryl/α,β-unsaturated/α-hetero) is 1. The molecule has 0 radical (unpaired) electrons. The molecule has 0 aromatic carbocycles. The highest BCUT2D eigenvalue weighted by Crippen LogP contribution is 2.55. The van der Waals surface area contributed by atoms with Crippen LogP contribution in [0.2, 0.25) is 0 Å². The lowest BCUT2D eigenvalue weighted by Crippen LogP contribution is -2.36. The third-order valence-corrected chi connectivity index (χ3v) is 5.04. The number of rotatable bonds is 5. The molecule has 0 aromatic heterocycles. The van der Waals surface area contributed by atoms with E-state index in [4.69, 9.17) is 9.47 Å². The second kappa shape index (κ2) is 4.77. The second-order valence-electron chi connectivity index (χ2n) is 5.78. The third-order valence-electron chi connectivity index (χ3n) is 4.36. The second-order valence-corrected chi connectivity index (χ2v) is 7.18. The van der Waals surface area contributed by atoms with Crippen LogP contribution in [0.4, 0.5) is 0 Å². The molecule has 3 rings (SSSR count). The molecule has 3 fully saturated rings. The lowest BCUT2D eigenvalue weighted by atomic mass is 9.88. The van der Waals surface area contributed by atoms with Gasteiger partial charge >= 0.3 is 11.9 Å². The Morgan fingerprint density at radius 1 is 1.33 bits per heavy atom. The highest BCUT2D eigenvalue weighted by atomic mass is 32.2. The van der Waals surface area contributed by atoms with Crippen molar-refractivity contribution in [1.82, 2.24) is 0 Å². The van der Waals surface area contributed by atoms with E-state index < -0.39 is 46.3 Å². The molecule has 9 heteroatoms. The van der Waals surface area contributed by atoms with E-state index in [1.807, 2.05) is 0 Å². The SMILES string of the molecule is O=C(CC(=O)OC1C2CC3C(=O)OC1C3C2)CS(=O)(=O)[O-]. The molecule has 0 amide bonds. The van der Waals surface area contributed by atoms with Crippen molar-refractivity contribution in [3.05, 3.63) is 0 Å². The van der Waals surface area contributed by atoms with Gasteiger partial charge in [-0.25, -0.2) is 8.42 Å². The molecule has 2 saturated carbocycles. The summed E-state index contributed by atoms with van der Waals surface area (Å²) in [6, 6.07) is 0. The molecule has 1 heterocycles. The summed E-state index contributed by atoms with van der Waals surface area (Å²) in [5.41, 5.74) is 0. The predicted molar refractivity (Wildman–Crippen MR) is 63.7 cm³/mol. The molecule has 5 unspecified atom stereocenters. The maximum Gasteiger partial charge on any atom is 0.313 e. The summed E-state index contributed by atoms with van der Waals surface area (Å²) in [5, 5.41) is 0. The molecule has 5 atom stereocenters. The van der Waals surface area contributed by atoms with Crippen LogP contribution < -0.4 is 0 Å². The molecule has 116 valence electrons. The van der Waals surface area contributed by atoms with E-state index in [2.05, 4.69) is 0 Å². The topological polar surface area (TPSA) is 127 Å². The van der Waals surface area contributed by atoms with Crippen molar-refractivity contribution >= 4 is 27.8 Å². The number of hydrogen-bond donors (Lipinski definition) is 0. The summed E-state index contributed by atoms with van der Waals surface area (Å²) in [6.45, 7) is 0. The van der Waals surface area contributed by atoms with Crippen molar-refractivity contribution in [2.45, 2.75) is 31.5 Å². The van der Waals surface area contributed by atoms with Crippen molar-refractivity contribution in [1.29, 1.82) is 0 Å². The Kier molecular flexibility index (Phi) is 3.28. The summed E-state index contributed by atoms with van der Waals surface area (Å²) in [4.78, 5) is 34.4. The van der Waals surface area contributed by atoms with Gasteiger partial charge in [0.15, 0.2) is 5.78 Å². The van der Waals surface area contributed by atoms with E-state index in [1.165, 1.54) is 0 Å². The van der Waals surface area contributed by atoms with Gasteiger partial charge in [-0.05, 0) is 12.8 Å². The minimum Gasteiger partial charge on any atom is -0.748 e. The zero-order valence-corrected chi connectivity index (χ0v) is 11.7. The Balaban J connectivity index is 1.57. The van der Waals surface area contributed by atoms with E-state index in [9.17, 15) is 27.4 Å². The molecule has 0 spiro atoms. The summed E-state index contributed by atoms with van der Waals surface area (Å²) < 4.78 is 41.6. The number of ketones is 1. The van der Waals surface area contributed by atoms with Crippen LogP contribution in [0, 0.1) is 17.8 Å². The molecule has 1 aliphatic heterocycles. The zero-order chi connectivity index (χ0) is 15.4. The first-order valence-corrected chi connectivity index (χ1v) is 8.17. The van der Waals surface area contributed by atoms with Crippen molar-refractivity contribution in [3.8, 4) is 0 Å². The predicted octanol–water partition coefficient (Wildman–Crippen LogP) is -1.02. The number of fused-ring (bicyclic) bond motifs is 1. The first-order valence-electron chi connectivity index (χ1n) is 6.60. The molecule has 3 aliphatic rings. The number of ether oxygens (including phenoxy) is 2. The smallest absolute Gasteiger partial charge is 0.313 e. The van der Waals surface area contributed by atoms with E-state index >= 15 is 0 Å². The fraction of sp³-hybridized carbons (Fsp3) is 0.750. The van der Waals surface area contributed by atoms with Crippen molar-refractivity contribution in [3.63, 3.8) is 0 Å². The van der Waals surface area contributed by atoms with Gasteiger partial charge in [0.1, 0.15) is 28.7 Å². The molecule has 2 bridgehead atoms. The van der Waals surface area contributed by atoms with Crippen LogP contribution in [0.25, 0.3) is 0 Å². The quantitative estimate of drug-likeness (QED) is 0.358. The summed E-state index contributed by atoms with van der Waals surface area (Å²) >= 11 is 0. The first-order chi connectivity index (χ1) is 9.74. The Morgan fingerprint density at radius 3 is 2.71 bits per heavy atom. The van der Waals surface area contributed by atoms with E-state index in [0.717, 1.165) is 6.42 Å². The normalized spacial score (nSPS) is 36.6. The summed E-state index contributed by atoms with van der Waals surface area (Å²) in [7, 11) is -4.70. The van der Waals surface area contributed by atoms with Crippen LogP contribution in [0.3, 0.4) is 0 Å². The Morgan fingerprint density at radius 2 is 2.05 bits per heavy atom. The fourth-order valence-electron chi connectivity index (χ4n) is 3.67. The maximum absolute atomic E-state index is 11.6. The van der Waals surface area contributed by atoms with Crippen molar-refractivity contribution in [2.24, 2.45) is 17.8 Å². The van der Waals surface area contributed by atoms with Crippen LogP contribution in [-0.4, -0.2) is 48.7 Å². The van der Waals surface area contributed by atoms with Crippen LogP contribution >= 0.6 is 0 Å². The number of esters is 2. The van der Waals surface area contributed by atoms with Gasteiger partial charge in [-0.1, -0.05) is 0 Å². The molecule has 2 aliphatic carbocycles. The first kappa shape index (κ1) is 14.5. The standard InChI is InChI=1S/C12H14O8S/c13-6(4-21(16,17)18)3-9(14)19-10-5-1-7-8(2-5)12(15)20-11(7)10/h5,7-8,10-11H,1-4H2,(H,16,17,18)/p-1. The molecule has 1 saturated heterocycles. The van der Waals surface area contributed by atoms with Gasteiger partial charge in [0.05, 0.1) is 11.7 Å². The number of carbonyl (C=O) groups is 3. The van der Waals surface area contributed by atoms with E-state index in [-0.39, 0.29) is 23.7 Å². The largest absolute Gasteiger partial charge is 0.748 e. The Bertz CT molecular complexity index is 609. The van der Waals surface area contributed by atoms with Crippen molar-refractivity contribution in [2.75, 3.05) is 5.75 Å². The lowest BCUT2D eigenvalue weighted by Gasteiger charge is -2.25. The minimum atomic E-state index is -4.70. The molecule has 21 heavy (non-hydrogen) atoms. The van der Waals surface area contributed by atoms with Crippen LogP contribution in [0.1, 0.15) is 19.3 Å². The zero-order valence-electron chi connectivity index (χ0n) is 10.9. The van der Waals surface area contributed by atoms with Crippen molar-refractivity contribution < 1.29 is 36.8 Å². The van der Waals surface area contributed by atoms with E-state index in [1.54, 1.807) is 0 Å². The van der Waals surface area contributed by atoms with Crippen LogP contribution in [-0.2, 0) is 34.0 Å². The third kappa shape index (κ3) is 2.67. The van der Waals surface area contributed by atoms with Gasteiger partial charge in [-0.2, -0.15) is 0 Å².